The molecule has 0 saturated carbocycles. The Labute approximate surface area is 87.8 Å². The van der Waals surface area contributed by atoms with Gasteiger partial charge in [0.1, 0.15) is 0 Å². The van der Waals surface area contributed by atoms with Gasteiger partial charge in [-0.15, -0.1) is 0 Å². The van der Waals surface area contributed by atoms with E-state index in [1.165, 1.54) is 4.90 Å². The minimum atomic E-state index is -4.14. The largest absolute Gasteiger partial charge is 0.390 e. The van der Waals surface area contributed by atoms with Crippen molar-refractivity contribution in [2.24, 2.45) is 0 Å². The summed E-state index contributed by atoms with van der Waals surface area (Å²) in [6, 6.07) is 0. The van der Waals surface area contributed by atoms with Crippen LogP contribution in [0.25, 0.3) is 0 Å². The average molecular weight is 229 g/mol. The Morgan fingerprint density at radius 1 is 1.40 bits per heavy atom. The van der Waals surface area contributed by atoms with E-state index in [0.29, 0.717) is 6.61 Å². The number of likely N-dealkylation sites (N-methyl/N-ethyl adjacent to an activating group) is 1. The number of hydrogen-bond acceptors (Lipinski definition) is 3. The lowest BCUT2D eigenvalue weighted by Gasteiger charge is -2.20. The molecule has 0 aromatic rings. The Hall–Kier alpha value is -0.330. The second-order valence-electron chi connectivity index (χ2n) is 3.44. The molecule has 0 fully saturated rings. The van der Waals surface area contributed by atoms with E-state index in [1.807, 2.05) is 0 Å². The summed E-state index contributed by atoms with van der Waals surface area (Å²) in [5.74, 6) is 0. The Kier molecular flexibility index (Phi) is 6.87. The molecule has 1 unspecified atom stereocenters. The second-order valence-corrected chi connectivity index (χ2v) is 3.44. The van der Waals surface area contributed by atoms with Gasteiger partial charge in [0.15, 0.2) is 0 Å². The van der Waals surface area contributed by atoms with Crippen LogP contribution in [0.2, 0.25) is 0 Å². The van der Waals surface area contributed by atoms with E-state index in [-0.39, 0.29) is 19.7 Å². The highest BCUT2D eigenvalue weighted by atomic mass is 19.4. The van der Waals surface area contributed by atoms with E-state index in [0.717, 1.165) is 0 Å². The Balaban J connectivity index is 3.59. The molecule has 0 rings (SSSR count). The maximum Gasteiger partial charge on any atom is 0.390 e. The quantitative estimate of drug-likeness (QED) is 0.713. The molecule has 0 saturated heterocycles. The molecule has 0 amide bonds. The molecule has 0 aliphatic carbocycles. The van der Waals surface area contributed by atoms with Crippen LogP contribution in [0.4, 0.5) is 13.2 Å². The SMILES string of the molecule is CCOCC(O)CN(C)CCC(F)(F)F. The molecule has 0 radical (unpaired) electrons. The van der Waals surface area contributed by atoms with Gasteiger partial charge in [-0.05, 0) is 14.0 Å². The third-order valence-corrected chi connectivity index (χ3v) is 1.81. The monoisotopic (exact) mass is 229 g/mol. The number of aliphatic hydroxyl groups is 1. The van der Waals surface area contributed by atoms with Crippen LogP contribution in [0.5, 0.6) is 0 Å². The van der Waals surface area contributed by atoms with E-state index in [2.05, 4.69) is 0 Å². The normalized spacial score (nSPS) is 14.6. The molecule has 3 nitrogen and oxygen atoms in total. The van der Waals surface area contributed by atoms with Gasteiger partial charge in [-0.1, -0.05) is 0 Å². The molecular weight excluding hydrogens is 211 g/mol. The van der Waals surface area contributed by atoms with Gasteiger partial charge in [0.25, 0.3) is 0 Å². The van der Waals surface area contributed by atoms with Gasteiger partial charge in [-0.25, -0.2) is 0 Å². The summed E-state index contributed by atoms with van der Waals surface area (Å²) in [6.07, 6.45) is -5.73. The predicted molar refractivity (Wildman–Crippen MR) is 50.7 cm³/mol. The first-order valence-corrected chi connectivity index (χ1v) is 4.86. The fourth-order valence-electron chi connectivity index (χ4n) is 1.08. The zero-order valence-corrected chi connectivity index (χ0v) is 9.05. The molecule has 0 aliphatic rings. The molecule has 1 N–H and O–H groups in total. The number of hydrogen-bond donors (Lipinski definition) is 1. The predicted octanol–water partition coefficient (Wildman–Crippen LogP) is 1.27. The second kappa shape index (κ2) is 7.03. The summed E-state index contributed by atoms with van der Waals surface area (Å²) in [7, 11) is 1.54. The highest BCUT2D eigenvalue weighted by Gasteiger charge is 2.27. The summed E-state index contributed by atoms with van der Waals surface area (Å²) in [5.41, 5.74) is 0. The van der Waals surface area contributed by atoms with Crippen LogP contribution >= 0.6 is 0 Å². The van der Waals surface area contributed by atoms with E-state index in [4.69, 9.17) is 4.74 Å². The summed E-state index contributed by atoms with van der Waals surface area (Å²) in [6.45, 7) is 2.53. The van der Waals surface area contributed by atoms with Gasteiger partial charge < -0.3 is 14.7 Å². The molecule has 15 heavy (non-hydrogen) atoms. The van der Waals surface area contributed by atoms with Crippen LogP contribution in [-0.4, -0.2) is 55.6 Å². The smallest absolute Gasteiger partial charge is 0.389 e. The van der Waals surface area contributed by atoms with Gasteiger partial charge in [-0.2, -0.15) is 13.2 Å². The Morgan fingerprint density at radius 3 is 2.47 bits per heavy atom. The fourth-order valence-corrected chi connectivity index (χ4v) is 1.08. The van der Waals surface area contributed by atoms with Crippen molar-refractivity contribution in [3.63, 3.8) is 0 Å². The van der Waals surface area contributed by atoms with Gasteiger partial charge in [-0.3, -0.25) is 0 Å². The van der Waals surface area contributed by atoms with E-state index in [9.17, 15) is 18.3 Å². The van der Waals surface area contributed by atoms with E-state index < -0.39 is 18.7 Å². The van der Waals surface area contributed by atoms with Crippen LogP contribution in [-0.2, 0) is 4.74 Å². The Morgan fingerprint density at radius 2 is 2.00 bits per heavy atom. The van der Waals surface area contributed by atoms with Crippen molar-refractivity contribution in [2.75, 3.05) is 33.4 Å². The van der Waals surface area contributed by atoms with Crippen LogP contribution in [0, 0.1) is 0 Å². The summed E-state index contributed by atoms with van der Waals surface area (Å²) >= 11 is 0. The topological polar surface area (TPSA) is 32.7 Å². The number of halogens is 3. The van der Waals surface area contributed by atoms with E-state index >= 15 is 0 Å². The van der Waals surface area contributed by atoms with Crippen molar-refractivity contribution >= 4 is 0 Å². The number of alkyl halides is 3. The van der Waals surface area contributed by atoms with Crippen molar-refractivity contribution in [2.45, 2.75) is 25.6 Å². The lowest BCUT2D eigenvalue weighted by atomic mass is 10.3. The van der Waals surface area contributed by atoms with Crippen LogP contribution in [0.1, 0.15) is 13.3 Å². The minimum Gasteiger partial charge on any atom is -0.389 e. The van der Waals surface area contributed by atoms with Crippen molar-refractivity contribution in [1.82, 2.24) is 4.90 Å². The first kappa shape index (κ1) is 14.7. The number of ether oxygens (including phenoxy) is 1. The highest BCUT2D eigenvalue weighted by Crippen LogP contribution is 2.19. The maximum absolute atomic E-state index is 11.8. The van der Waals surface area contributed by atoms with E-state index in [1.54, 1.807) is 14.0 Å². The molecule has 92 valence electrons. The van der Waals surface area contributed by atoms with Crippen LogP contribution in [0.15, 0.2) is 0 Å². The summed E-state index contributed by atoms with van der Waals surface area (Å²) in [4.78, 5) is 1.44. The fraction of sp³-hybridized carbons (Fsp3) is 1.00. The first-order valence-electron chi connectivity index (χ1n) is 4.86. The summed E-state index contributed by atoms with van der Waals surface area (Å²) in [5, 5.41) is 9.33. The molecule has 0 heterocycles. The minimum absolute atomic E-state index is 0.104. The molecule has 0 bridgehead atoms. The lowest BCUT2D eigenvalue weighted by Crippen LogP contribution is -2.34. The van der Waals surface area contributed by atoms with Crippen LogP contribution in [0.3, 0.4) is 0 Å². The average Bonchev–Trinajstić information content (AvgIpc) is 2.10. The van der Waals surface area contributed by atoms with Gasteiger partial charge >= 0.3 is 6.18 Å². The van der Waals surface area contributed by atoms with Gasteiger partial charge in [0.05, 0.1) is 19.1 Å². The number of rotatable bonds is 7. The molecule has 0 aliphatic heterocycles. The molecule has 0 spiro atoms. The molecule has 6 heteroatoms. The number of nitrogens with zero attached hydrogens (tertiary/aromatic N) is 1. The third kappa shape index (κ3) is 9.96. The van der Waals surface area contributed by atoms with Crippen molar-refractivity contribution in [3.05, 3.63) is 0 Å². The molecular formula is C9H18F3NO2. The summed E-state index contributed by atoms with van der Waals surface area (Å²) < 4.78 is 40.5. The zero-order chi connectivity index (χ0) is 11.9. The highest BCUT2D eigenvalue weighted by molar-refractivity contribution is 4.62. The standard InChI is InChI=1S/C9H18F3NO2/c1-3-15-7-8(14)6-13(2)5-4-9(10,11)12/h8,14H,3-7H2,1-2H3. The van der Waals surface area contributed by atoms with Gasteiger partial charge in [0.2, 0.25) is 0 Å². The number of aliphatic hydroxyl groups excluding tert-OH is 1. The van der Waals surface area contributed by atoms with Crippen molar-refractivity contribution in [1.29, 1.82) is 0 Å². The van der Waals surface area contributed by atoms with Gasteiger partial charge in [0, 0.05) is 19.7 Å². The third-order valence-electron chi connectivity index (χ3n) is 1.81. The van der Waals surface area contributed by atoms with Crippen LogP contribution < -0.4 is 0 Å². The molecule has 0 aromatic carbocycles. The van der Waals surface area contributed by atoms with Crippen molar-refractivity contribution < 1.29 is 23.0 Å². The lowest BCUT2D eigenvalue weighted by molar-refractivity contribution is -0.138. The Bertz CT molecular complexity index is 164. The first-order chi connectivity index (χ1) is 6.85. The molecule has 0 aromatic heterocycles. The molecule has 1 atom stereocenters. The van der Waals surface area contributed by atoms with Crippen molar-refractivity contribution in [3.8, 4) is 0 Å². The maximum atomic E-state index is 11.8. The zero-order valence-electron chi connectivity index (χ0n) is 9.05.